The topological polar surface area (TPSA) is 72.8 Å². The average Bonchev–Trinajstić information content (AvgIpc) is 3.30. The van der Waals surface area contributed by atoms with E-state index in [0.29, 0.717) is 55.4 Å². The Morgan fingerprint density at radius 1 is 1.17 bits per heavy atom. The molecule has 0 spiro atoms. The van der Waals surface area contributed by atoms with Crippen molar-refractivity contribution in [2.75, 3.05) is 40.5 Å². The number of carbonyl (C=O) groups excluding carboxylic acids is 2. The second kappa shape index (κ2) is 10.5. The SMILES string of the molecule is COCCCNC(=O)C1CCN(C(=O)c2cc(Cl)c(-n3cccc3)cc2OC)CC1. The lowest BCUT2D eigenvalue weighted by atomic mass is 9.95. The fraction of sp³-hybridized carbons (Fsp3) is 0.455. The highest BCUT2D eigenvalue weighted by Crippen LogP contribution is 2.31. The molecule has 0 saturated carbocycles. The summed E-state index contributed by atoms with van der Waals surface area (Å²) < 4.78 is 12.3. The molecular formula is C22H28ClN3O4. The van der Waals surface area contributed by atoms with Gasteiger partial charge in [0, 0.05) is 57.7 Å². The van der Waals surface area contributed by atoms with Crippen LogP contribution in [0.2, 0.25) is 5.02 Å². The van der Waals surface area contributed by atoms with Crippen molar-refractivity contribution in [3.05, 3.63) is 47.2 Å². The number of likely N-dealkylation sites (tertiary alicyclic amines) is 1. The maximum absolute atomic E-state index is 13.1. The van der Waals surface area contributed by atoms with E-state index in [1.54, 1.807) is 31.3 Å². The minimum atomic E-state index is -0.133. The smallest absolute Gasteiger partial charge is 0.257 e. The van der Waals surface area contributed by atoms with Crippen molar-refractivity contribution >= 4 is 23.4 Å². The van der Waals surface area contributed by atoms with E-state index in [4.69, 9.17) is 21.1 Å². The van der Waals surface area contributed by atoms with Gasteiger partial charge in [0.2, 0.25) is 5.91 Å². The highest BCUT2D eigenvalue weighted by molar-refractivity contribution is 6.33. The Morgan fingerprint density at radius 2 is 1.87 bits per heavy atom. The fourth-order valence-corrected chi connectivity index (χ4v) is 3.92. The summed E-state index contributed by atoms with van der Waals surface area (Å²) in [6.45, 7) is 2.28. The summed E-state index contributed by atoms with van der Waals surface area (Å²) in [5.41, 5.74) is 1.18. The first-order chi connectivity index (χ1) is 14.5. The van der Waals surface area contributed by atoms with Crippen molar-refractivity contribution in [2.24, 2.45) is 5.92 Å². The molecule has 162 valence electrons. The zero-order valence-corrected chi connectivity index (χ0v) is 18.2. The molecule has 30 heavy (non-hydrogen) atoms. The number of carbonyl (C=O) groups is 2. The number of nitrogens with one attached hydrogen (secondary N) is 1. The predicted molar refractivity (Wildman–Crippen MR) is 115 cm³/mol. The third-order valence-corrected chi connectivity index (χ3v) is 5.66. The van der Waals surface area contributed by atoms with Gasteiger partial charge in [0.05, 0.1) is 23.4 Å². The van der Waals surface area contributed by atoms with Crippen molar-refractivity contribution in [3.63, 3.8) is 0 Å². The van der Waals surface area contributed by atoms with E-state index in [9.17, 15) is 9.59 Å². The molecule has 2 aromatic rings. The van der Waals surface area contributed by atoms with Crippen LogP contribution in [0, 0.1) is 5.92 Å². The standard InChI is InChI=1S/C22H28ClN3O4/c1-29-13-5-8-24-21(27)16-6-11-26(12-7-16)22(28)17-14-18(23)19(15-20(17)30-2)25-9-3-4-10-25/h3-4,9-10,14-16H,5-8,11-13H2,1-2H3,(H,24,27). The summed E-state index contributed by atoms with van der Waals surface area (Å²) in [5.74, 6) is 0.325. The van der Waals surface area contributed by atoms with Gasteiger partial charge in [-0.1, -0.05) is 11.6 Å². The minimum absolute atomic E-state index is 0.0508. The minimum Gasteiger partial charge on any atom is -0.496 e. The van der Waals surface area contributed by atoms with E-state index >= 15 is 0 Å². The van der Waals surface area contributed by atoms with Gasteiger partial charge in [-0.05, 0) is 37.5 Å². The number of halogens is 1. The molecule has 0 atom stereocenters. The van der Waals surface area contributed by atoms with E-state index in [1.807, 2.05) is 29.1 Å². The van der Waals surface area contributed by atoms with Crippen molar-refractivity contribution < 1.29 is 19.1 Å². The van der Waals surface area contributed by atoms with Gasteiger partial charge in [-0.2, -0.15) is 0 Å². The second-order valence-corrected chi connectivity index (χ2v) is 7.71. The zero-order valence-electron chi connectivity index (χ0n) is 17.4. The molecule has 1 aromatic heterocycles. The summed E-state index contributed by atoms with van der Waals surface area (Å²) >= 11 is 6.46. The van der Waals surface area contributed by atoms with E-state index in [1.165, 1.54) is 0 Å². The van der Waals surface area contributed by atoms with Crippen molar-refractivity contribution in [1.82, 2.24) is 14.8 Å². The lowest BCUT2D eigenvalue weighted by molar-refractivity contribution is -0.126. The van der Waals surface area contributed by atoms with Crippen molar-refractivity contribution in [3.8, 4) is 11.4 Å². The Kier molecular flexibility index (Phi) is 7.76. The molecule has 1 fully saturated rings. The number of nitrogens with zero attached hydrogens (tertiary/aromatic N) is 2. The predicted octanol–water partition coefficient (Wildman–Crippen LogP) is 3.14. The largest absolute Gasteiger partial charge is 0.496 e. The summed E-state index contributed by atoms with van der Waals surface area (Å²) in [6.07, 6.45) is 5.83. The molecule has 1 aliphatic heterocycles. The summed E-state index contributed by atoms with van der Waals surface area (Å²) in [5, 5.41) is 3.42. The highest BCUT2D eigenvalue weighted by Gasteiger charge is 2.29. The number of rotatable bonds is 8. The average molecular weight is 434 g/mol. The first kappa shape index (κ1) is 22.2. The lowest BCUT2D eigenvalue weighted by Gasteiger charge is -2.32. The third kappa shape index (κ3) is 5.15. The number of benzene rings is 1. The number of piperidine rings is 1. The van der Waals surface area contributed by atoms with Gasteiger partial charge in [-0.25, -0.2) is 0 Å². The van der Waals surface area contributed by atoms with Crippen LogP contribution in [0.1, 0.15) is 29.6 Å². The molecule has 2 amide bonds. The van der Waals surface area contributed by atoms with Crippen LogP contribution in [0.25, 0.3) is 5.69 Å². The molecule has 0 radical (unpaired) electrons. The molecule has 7 nitrogen and oxygen atoms in total. The van der Waals surface area contributed by atoms with Crippen LogP contribution >= 0.6 is 11.6 Å². The van der Waals surface area contributed by atoms with Crippen LogP contribution in [0.5, 0.6) is 5.75 Å². The van der Waals surface area contributed by atoms with E-state index < -0.39 is 0 Å². The van der Waals surface area contributed by atoms with Gasteiger partial charge in [0.1, 0.15) is 5.75 Å². The third-order valence-electron chi connectivity index (χ3n) is 5.36. The van der Waals surface area contributed by atoms with Crippen molar-refractivity contribution in [1.29, 1.82) is 0 Å². The van der Waals surface area contributed by atoms with Gasteiger partial charge in [0.25, 0.3) is 5.91 Å². The van der Waals surface area contributed by atoms with Crippen LogP contribution in [0.15, 0.2) is 36.7 Å². The maximum atomic E-state index is 13.1. The van der Waals surface area contributed by atoms with Gasteiger partial charge in [-0.3, -0.25) is 9.59 Å². The summed E-state index contributed by atoms with van der Waals surface area (Å²) in [6, 6.07) is 7.24. The molecule has 1 saturated heterocycles. The first-order valence-corrected chi connectivity index (χ1v) is 10.5. The van der Waals surface area contributed by atoms with Gasteiger partial charge >= 0.3 is 0 Å². The Morgan fingerprint density at radius 3 is 2.50 bits per heavy atom. The van der Waals surface area contributed by atoms with Gasteiger partial charge in [0.15, 0.2) is 0 Å². The van der Waals surface area contributed by atoms with Crippen LogP contribution in [0.3, 0.4) is 0 Å². The number of amides is 2. The number of aromatic nitrogens is 1. The number of hydrogen-bond acceptors (Lipinski definition) is 4. The van der Waals surface area contributed by atoms with Crippen LogP contribution < -0.4 is 10.1 Å². The van der Waals surface area contributed by atoms with Gasteiger partial charge in [-0.15, -0.1) is 0 Å². The molecule has 0 unspecified atom stereocenters. The zero-order chi connectivity index (χ0) is 21.5. The molecular weight excluding hydrogens is 406 g/mol. The molecule has 3 rings (SSSR count). The molecule has 8 heteroatoms. The Hall–Kier alpha value is -2.51. The van der Waals surface area contributed by atoms with Crippen molar-refractivity contribution in [2.45, 2.75) is 19.3 Å². The summed E-state index contributed by atoms with van der Waals surface area (Å²) in [7, 11) is 3.18. The maximum Gasteiger partial charge on any atom is 0.257 e. The lowest BCUT2D eigenvalue weighted by Crippen LogP contribution is -2.43. The normalized spacial score (nSPS) is 14.6. The van der Waals surface area contributed by atoms with Crippen LogP contribution in [0.4, 0.5) is 0 Å². The molecule has 0 aliphatic carbocycles. The van der Waals surface area contributed by atoms with E-state index in [0.717, 1.165) is 12.1 Å². The first-order valence-electron chi connectivity index (χ1n) is 10.1. The Bertz CT molecular complexity index is 862. The van der Waals surface area contributed by atoms with Crippen LogP contribution in [-0.2, 0) is 9.53 Å². The number of methoxy groups -OCH3 is 2. The molecule has 2 heterocycles. The quantitative estimate of drug-likeness (QED) is 0.649. The van der Waals surface area contributed by atoms with Crippen LogP contribution in [-0.4, -0.2) is 61.7 Å². The monoisotopic (exact) mass is 433 g/mol. The second-order valence-electron chi connectivity index (χ2n) is 7.30. The number of ether oxygens (including phenoxy) is 2. The fourth-order valence-electron chi connectivity index (χ4n) is 3.66. The van der Waals surface area contributed by atoms with Gasteiger partial charge < -0.3 is 24.3 Å². The summed E-state index contributed by atoms with van der Waals surface area (Å²) in [4.78, 5) is 27.2. The Labute approximate surface area is 181 Å². The molecule has 1 aliphatic rings. The van der Waals surface area contributed by atoms with E-state index in [2.05, 4.69) is 5.32 Å². The molecule has 1 aromatic carbocycles. The number of hydrogen-bond donors (Lipinski definition) is 1. The molecule has 1 N–H and O–H groups in total. The Balaban J connectivity index is 1.63. The highest BCUT2D eigenvalue weighted by atomic mass is 35.5. The molecule has 0 bridgehead atoms. The van der Waals surface area contributed by atoms with E-state index in [-0.39, 0.29) is 17.7 Å².